The van der Waals surface area contributed by atoms with Crippen molar-refractivity contribution in [2.75, 3.05) is 11.9 Å². The molecule has 0 spiro atoms. The van der Waals surface area contributed by atoms with Crippen LogP contribution in [0.15, 0.2) is 28.7 Å². The lowest BCUT2D eigenvalue weighted by molar-refractivity contribution is -0.141. The van der Waals surface area contributed by atoms with Crippen LogP contribution in [0.2, 0.25) is 0 Å². The number of nitrogens with one attached hydrogen (secondary N) is 2. The van der Waals surface area contributed by atoms with Crippen molar-refractivity contribution in [3.63, 3.8) is 0 Å². The third-order valence-electron chi connectivity index (χ3n) is 2.47. The highest BCUT2D eigenvalue weighted by Crippen LogP contribution is 2.20. The van der Waals surface area contributed by atoms with Gasteiger partial charge < -0.3 is 15.7 Å². The van der Waals surface area contributed by atoms with Crippen LogP contribution in [-0.4, -0.2) is 23.7 Å². The van der Waals surface area contributed by atoms with Crippen LogP contribution in [0.1, 0.15) is 13.3 Å². The Morgan fingerprint density at radius 1 is 1.39 bits per heavy atom. The van der Waals surface area contributed by atoms with Crippen LogP contribution in [0.3, 0.4) is 0 Å². The van der Waals surface area contributed by atoms with Gasteiger partial charge in [-0.1, -0.05) is 19.1 Å². The number of aliphatic carboxylic acids is 1. The Kier molecular flexibility index (Phi) is 5.64. The molecule has 0 aliphatic heterocycles. The summed E-state index contributed by atoms with van der Waals surface area (Å²) >= 11 is 3.31. The number of carboxylic acids is 1. The number of urea groups is 1. The zero-order valence-corrected chi connectivity index (χ0v) is 11.5. The molecule has 6 heteroatoms. The lowest BCUT2D eigenvalue weighted by atomic mass is 10.1. The topological polar surface area (TPSA) is 78.4 Å². The highest BCUT2D eigenvalue weighted by atomic mass is 79.9. The summed E-state index contributed by atoms with van der Waals surface area (Å²) in [6, 6.07) is 6.78. The molecule has 1 aromatic rings. The molecule has 1 rings (SSSR count). The molecule has 98 valence electrons. The maximum absolute atomic E-state index is 11.6. The second-order valence-corrected chi connectivity index (χ2v) is 4.61. The number of anilines is 1. The van der Waals surface area contributed by atoms with Crippen molar-refractivity contribution >= 4 is 33.6 Å². The number of hydrogen-bond donors (Lipinski definition) is 3. The summed E-state index contributed by atoms with van der Waals surface area (Å²) in [6.07, 6.45) is 0.477. The Balaban J connectivity index is 2.48. The fourth-order valence-electron chi connectivity index (χ4n) is 1.35. The molecular weight excluding hydrogens is 300 g/mol. The number of halogens is 1. The number of hydrogen-bond acceptors (Lipinski definition) is 2. The number of benzene rings is 1. The molecular formula is C12H15BrN2O3. The summed E-state index contributed by atoms with van der Waals surface area (Å²) in [5.41, 5.74) is 0.637. The molecule has 0 fully saturated rings. The molecule has 1 unspecified atom stereocenters. The van der Waals surface area contributed by atoms with E-state index in [9.17, 15) is 9.59 Å². The quantitative estimate of drug-likeness (QED) is 0.781. The summed E-state index contributed by atoms with van der Waals surface area (Å²) in [7, 11) is 0. The van der Waals surface area contributed by atoms with Gasteiger partial charge in [-0.2, -0.15) is 0 Å². The van der Waals surface area contributed by atoms with Gasteiger partial charge in [-0.25, -0.2) is 4.79 Å². The summed E-state index contributed by atoms with van der Waals surface area (Å²) in [5.74, 6) is -1.46. The van der Waals surface area contributed by atoms with Crippen LogP contribution in [0.25, 0.3) is 0 Å². The van der Waals surface area contributed by atoms with Crippen molar-refractivity contribution in [3.8, 4) is 0 Å². The van der Waals surface area contributed by atoms with Gasteiger partial charge in [0.2, 0.25) is 0 Å². The lowest BCUT2D eigenvalue weighted by Crippen LogP contribution is -2.35. The van der Waals surface area contributed by atoms with Gasteiger partial charge in [0.15, 0.2) is 0 Å². The van der Waals surface area contributed by atoms with Gasteiger partial charge in [0.05, 0.1) is 11.6 Å². The van der Waals surface area contributed by atoms with E-state index in [1.165, 1.54) is 0 Å². The second kappa shape index (κ2) is 7.00. The first kappa shape index (κ1) is 14.5. The number of carbonyl (C=O) groups is 2. The van der Waals surface area contributed by atoms with E-state index >= 15 is 0 Å². The zero-order valence-electron chi connectivity index (χ0n) is 9.94. The van der Waals surface area contributed by atoms with Gasteiger partial charge in [0.25, 0.3) is 0 Å². The van der Waals surface area contributed by atoms with Gasteiger partial charge in [0.1, 0.15) is 0 Å². The molecule has 1 aromatic carbocycles. The van der Waals surface area contributed by atoms with E-state index in [1.54, 1.807) is 19.1 Å². The molecule has 1 atom stereocenters. The molecule has 2 amide bonds. The number of rotatable bonds is 5. The Morgan fingerprint density at radius 2 is 2.06 bits per heavy atom. The van der Waals surface area contributed by atoms with Crippen LogP contribution >= 0.6 is 15.9 Å². The second-order valence-electron chi connectivity index (χ2n) is 3.76. The standard InChI is InChI=1S/C12H15BrN2O3/c1-2-8(11(16)17)7-14-12(18)15-10-6-4-3-5-9(10)13/h3-6,8H,2,7H2,1H3,(H,16,17)(H2,14,15,18). The third-order valence-corrected chi connectivity index (χ3v) is 3.16. The SMILES string of the molecule is CCC(CNC(=O)Nc1ccccc1Br)C(=O)O. The Morgan fingerprint density at radius 3 is 2.61 bits per heavy atom. The Labute approximate surface area is 114 Å². The molecule has 0 saturated carbocycles. The van der Waals surface area contributed by atoms with E-state index in [2.05, 4.69) is 26.6 Å². The summed E-state index contributed by atoms with van der Waals surface area (Å²) in [5, 5.41) is 14.0. The van der Waals surface area contributed by atoms with Crippen LogP contribution in [0.4, 0.5) is 10.5 Å². The molecule has 0 saturated heterocycles. The minimum atomic E-state index is -0.904. The van der Waals surface area contributed by atoms with Gasteiger partial charge in [-0.15, -0.1) is 0 Å². The first-order valence-electron chi connectivity index (χ1n) is 5.56. The molecule has 18 heavy (non-hydrogen) atoms. The maximum atomic E-state index is 11.6. The first-order chi connectivity index (χ1) is 8.54. The number of amides is 2. The van der Waals surface area contributed by atoms with E-state index in [4.69, 9.17) is 5.11 Å². The average Bonchev–Trinajstić information content (AvgIpc) is 2.32. The smallest absolute Gasteiger partial charge is 0.319 e. The van der Waals surface area contributed by atoms with E-state index in [0.29, 0.717) is 12.1 Å². The van der Waals surface area contributed by atoms with E-state index < -0.39 is 17.9 Å². The van der Waals surface area contributed by atoms with Crippen LogP contribution in [0, 0.1) is 5.92 Å². The van der Waals surface area contributed by atoms with Gasteiger partial charge in [-0.3, -0.25) is 4.79 Å². The summed E-state index contributed by atoms with van der Waals surface area (Å²) in [6.45, 7) is 1.88. The van der Waals surface area contributed by atoms with Gasteiger partial charge in [-0.05, 0) is 34.5 Å². The van der Waals surface area contributed by atoms with Crippen molar-refractivity contribution in [2.45, 2.75) is 13.3 Å². The fraction of sp³-hybridized carbons (Fsp3) is 0.333. The maximum Gasteiger partial charge on any atom is 0.319 e. The monoisotopic (exact) mass is 314 g/mol. The molecule has 0 aliphatic rings. The minimum absolute atomic E-state index is 0.113. The molecule has 0 radical (unpaired) electrons. The largest absolute Gasteiger partial charge is 0.481 e. The van der Waals surface area contributed by atoms with E-state index in [0.717, 1.165) is 4.47 Å². The van der Waals surface area contributed by atoms with Crippen LogP contribution < -0.4 is 10.6 Å². The average molecular weight is 315 g/mol. The van der Waals surface area contributed by atoms with Crippen LogP contribution in [0.5, 0.6) is 0 Å². The highest BCUT2D eigenvalue weighted by molar-refractivity contribution is 9.10. The molecule has 0 aromatic heterocycles. The summed E-state index contributed by atoms with van der Waals surface area (Å²) in [4.78, 5) is 22.3. The highest BCUT2D eigenvalue weighted by Gasteiger charge is 2.15. The fourth-order valence-corrected chi connectivity index (χ4v) is 1.74. The van der Waals surface area contributed by atoms with Crippen LogP contribution in [-0.2, 0) is 4.79 Å². The third kappa shape index (κ3) is 4.37. The van der Waals surface area contributed by atoms with Crippen molar-refractivity contribution in [1.82, 2.24) is 5.32 Å². The predicted octanol–water partition coefficient (Wildman–Crippen LogP) is 2.68. The van der Waals surface area contributed by atoms with Gasteiger partial charge in [0, 0.05) is 11.0 Å². The van der Waals surface area contributed by atoms with E-state index in [1.807, 2.05) is 12.1 Å². The molecule has 3 N–H and O–H groups in total. The minimum Gasteiger partial charge on any atom is -0.481 e. The molecule has 0 aliphatic carbocycles. The van der Waals surface area contributed by atoms with Crippen molar-refractivity contribution in [3.05, 3.63) is 28.7 Å². The molecule has 0 heterocycles. The predicted molar refractivity (Wildman–Crippen MR) is 72.6 cm³/mol. The normalized spacial score (nSPS) is 11.7. The summed E-state index contributed by atoms with van der Waals surface area (Å²) < 4.78 is 0.769. The number of carboxylic acid groups (broad SMARTS) is 1. The number of para-hydroxylation sites is 1. The lowest BCUT2D eigenvalue weighted by Gasteiger charge is -2.12. The van der Waals surface area contributed by atoms with Crippen molar-refractivity contribution < 1.29 is 14.7 Å². The molecule has 5 nitrogen and oxygen atoms in total. The van der Waals surface area contributed by atoms with E-state index in [-0.39, 0.29) is 6.54 Å². The van der Waals surface area contributed by atoms with Crippen molar-refractivity contribution in [1.29, 1.82) is 0 Å². The first-order valence-corrected chi connectivity index (χ1v) is 6.36. The Bertz CT molecular complexity index is 437. The zero-order chi connectivity index (χ0) is 13.5. The molecule has 0 bridgehead atoms. The van der Waals surface area contributed by atoms with Gasteiger partial charge >= 0.3 is 12.0 Å². The number of carbonyl (C=O) groups excluding carboxylic acids is 1. The van der Waals surface area contributed by atoms with Crippen molar-refractivity contribution in [2.24, 2.45) is 5.92 Å². The Hall–Kier alpha value is -1.56.